The summed E-state index contributed by atoms with van der Waals surface area (Å²) in [5.74, 6) is 0. The van der Waals surface area contributed by atoms with Crippen LogP contribution in [0.1, 0.15) is 24.2 Å². The molecule has 1 amide bonds. The van der Waals surface area contributed by atoms with Crippen LogP contribution < -0.4 is 5.36 Å². The first-order valence-electron chi connectivity index (χ1n) is 8.62. The van der Waals surface area contributed by atoms with Crippen LogP contribution in [0.25, 0.3) is 10.9 Å². The van der Waals surface area contributed by atoms with Crippen molar-refractivity contribution in [2.75, 3.05) is 33.2 Å². The highest BCUT2D eigenvalue weighted by Gasteiger charge is 2.24. The number of para-hydroxylation sites is 1. The molecule has 1 aromatic heterocycles. The minimum absolute atomic E-state index is 0.0923. The molecule has 0 unspecified atom stereocenters. The molecule has 0 N–H and O–H groups in total. The molecule has 2 heterocycles. The van der Waals surface area contributed by atoms with E-state index >= 15 is 0 Å². The summed E-state index contributed by atoms with van der Waals surface area (Å²) in [4.78, 5) is 33.0. The summed E-state index contributed by atoms with van der Waals surface area (Å²) in [6.07, 6.45) is 2.37. The zero-order valence-electron chi connectivity index (χ0n) is 15.0. The number of piperazine rings is 1. The lowest BCUT2D eigenvalue weighted by atomic mass is 10.1. The van der Waals surface area contributed by atoms with Gasteiger partial charge in [0.15, 0.2) is 6.29 Å². The third-order valence-corrected chi connectivity index (χ3v) is 4.83. The Hall–Kier alpha value is -2.47. The van der Waals surface area contributed by atoms with Gasteiger partial charge in [-0.2, -0.15) is 0 Å². The maximum Gasteiger partial charge on any atom is 0.328 e. The van der Waals surface area contributed by atoms with Gasteiger partial charge < -0.3 is 4.90 Å². The van der Waals surface area contributed by atoms with Crippen molar-refractivity contribution >= 4 is 23.2 Å². The largest absolute Gasteiger partial charge is 0.328 e. The monoisotopic (exact) mass is 340 g/mol. The molecule has 1 aliphatic rings. The fourth-order valence-corrected chi connectivity index (χ4v) is 3.39. The van der Waals surface area contributed by atoms with Crippen molar-refractivity contribution in [2.24, 2.45) is 4.99 Å². The fraction of sp³-hybridized carbons (Fsp3) is 0.421. The molecule has 3 rings (SSSR count). The lowest BCUT2D eigenvalue weighted by Crippen LogP contribution is -2.51. The summed E-state index contributed by atoms with van der Waals surface area (Å²) < 4.78 is 1.58. The van der Waals surface area contributed by atoms with Crippen molar-refractivity contribution in [3.63, 3.8) is 0 Å². The molecule has 25 heavy (non-hydrogen) atoms. The van der Waals surface area contributed by atoms with Crippen LogP contribution >= 0.6 is 0 Å². The summed E-state index contributed by atoms with van der Waals surface area (Å²) in [5, 5.41) is 1.43. The Morgan fingerprint density at radius 2 is 1.84 bits per heavy atom. The number of aromatic nitrogens is 1. The van der Waals surface area contributed by atoms with Gasteiger partial charge in [0, 0.05) is 50.9 Å². The smallest absolute Gasteiger partial charge is 0.321 e. The first kappa shape index (κ1) is 17.4. The Morgan fingerprint density at radius 1 is 1.16 bits per heavy atom. The van der Waals surface area contributed by atoms with Crippen LogP contribution in [0.15, 0.2) is 35.5 Å². The van der Waals surface area contributed by atoms with Gasteiger partial charge in [0.25, 0.3) is 0 Å². The van der Waals surface area contributed by atoms with Gasteiger partial charge in [-0.15, -0.1) is 0 Å². The third kappa shape index (κ3) is 3.22. The van der Waals surface area contributed by atoms with E-state index in [1.165, 1.54) is 0 Å². The topological polar surface area (TPSA) is 57.9 Å². The highest BCUT2D eigenvalue weighted by molar-refractivity contribution is 5.93. The molecule has 0 atom stereocenters. The predicted molar refractivity (Wildman–Crippen MR) is 97.9 cm³/mol. The Labute approximate surface area is 147 Å². The second kappa shape index (κ2) is 7.19. The second-order valence-electron chi connectivity index (χ2n) is 6.56. The average molecular weight is 340 g/mol. The minimum Gasteiger partial charge on any atom is -0.321 e. The van der Waals surface area contributed by atoms with Crippen LogP contribution in [0.2, 0.25) is 0 Å². The molecular weight excluding hydrogens is 316 g/mol. The molecular formula is C19H24N4O2. The number of nitrogens with zero attached hydrogens (tertiary/aromatic N) is 4. The van der Waals surface area contributed by atoms with Crippen LogP contribution in [0.4, 0.5) is 4.79 Å². The predicted octanol–water partition coefficient (Wildman–Crippen LogP) is 1.98. The number of aldehydes is 1. The Morgan fingerprint density at radius 3 is 2.44 bits per heavy atom. The lowest BCUT2D eigenvalue weighted by molar-refractivity contribution is 0.112. The van der Waals surface area contributed by atoms with Gasteiger partial charge in [0.2, 0.25) is 0 Å². The number of carbonyl (C=O) groups is 2. The van der Waals surface area contributed by atoms with Gasteiger partial charge in [-0.25, -0.2) is 4.79 Å². The Kier molecular flexibility index (Phi) is 4.99. The third-order valence-electron chi connectivity index (χ3n) is 4.83. The van der Waals surface area contributed by atoms with Gasteiger partial charge >= 0.3 is 6.03 Å². The van der Waals surface area contributed by atoms with Crippen molar-refractivity contribution in [3.8, 4) is 0 Å². The van der Waals surface area contributed by atoms with E-state index in [1.807, 2.05) is 29.2 Å². The first-order chi connectivity index (χ1) is 12.1. The number of hydrogen-bond acceptors (Lipinski definition) is 4. The van der Waals surface area contributed by atoms with Gasteiger partial charge in [-0.3, -0.25) is 19.3 Å². The highest BCUT2D eigenvalue weighted by Crippen LogP contribution is 2.14. The van der Waals surface area contributed by atoms with Crippen molar-refractivity contribution < 1.29 is 9.59 Å². The van der Waals surface area contributed by atoms with E-state index in [4.69, 9.17) is 0 Å². The van der Waals surface area contributed by atoms with Crippen molar-refractivity contribution in [1.82, 2.24) is 14.4 Å². The quantitative estimate of drug-likeness (QED) is 0.786. The highest BCUT2D eigenvalue weighted by atomic mass is 16.2. The summed E-state index contributed by atoms with van der Waals surface area (Å²) in [6, 6.07) is 7.96. The second-order valence-corrected chi connectivity index (χ2v) is 6.56. The van der Waals surface area contributed by atoms with Gasteiger partial charge in [0.05, 0.1) is 16.4 Å². The molecule has 1 saturated heterocycles. The molecule has 1 aromatic carbocycles. The van der Waals surface area contributed by atoms with Crippen molar-refractivity contribution in [2.45, 2.75) is 19.9 Å². The van der Waals surface area contributed by atoms with E-state index in [1.54, 1.807) is 17.8 Å². The van der Waals surface area contributed by atoms with E-state index in [-0.39, 0.29) is 6.03 Å². The number of fused-ring (bicyclic) bond motifs is 1. The van der Waals surface area contributed by atoms with Crippen molar-refractivity contribution in [3.05, 3.63) is 41.4 Å². The minimum atomic E-state index is -0.0923. The number of pyridine rings is 1. The number of hydrogen-bond donors (Lipinski definition) is 0. The van der Waals surface area contributed by atoms with E-state index in [0.29, 0.717) is 30.1 Å². The van der Waals surface area contributed by atoms with Crippen LogP contribution in [0, 0.1) is 0 Å². The van der Waals surface area contributed by atoms with E-state index < -0.39 is 0 Å². The van der Waals surface area contributed by atoms with Gasteiger partial charge in [0.1, 0.15) is 0 Å². The molecule has 132 valence electrons. The molecule has 0 bridgehead atoms. The van der Waals surface area contributed by atoms with Crippen LogP contribution in [0.3, 0.4) is 0 Å². The van der Waals surface area contributed by atoms with Gasteiger partial charge in [-0.05, 0) is 19.9 Å². The summed E-state index contributed by atoms with van der Waals surface area (Å²) in [7, 11) is 1.66. The number of amides is 1. The number of benzene rings is 1. The average Bonchev–Trinajstić information content (AvgIpc) is 2.66. The molecule has 2 aromatic rings. The molecule has 0 spiro atoms. The van der Waals surface area contributed by atoms with E-state index in [9.17, 15) is 9.59 Å². The van der Waals surface area contributed by atoms with Crippen LogP contribution in [-0.4, -0.2) is 66.0 Å². The molecule has 0 aliphatic carbocycles. The maximum absolute atomic E-state index is 13.1. The zero-order valence-corrected chi connectivity index (χ0v) is 15.0. The summed E-state index contributed by atoms with van der Waals surface area (Å²) >= 11 is 0. The maximum atomic E-state index is 13.1. The molecule has 0 saturated carbocycles. The molecule has 6 nitrogen and oxygen atoms in total. The van der Waals surface area contributed by atoms with Gasteiger partial charge in [-0.1, -0.05) is 18.2 Å². The van der Waals surface area contributed by atoms with Crippen molar-refractivity contribution in [1.29, 1.82) is 0 Å². The standard InChI is InChI=1S/C19H24N4O2/c1-14(2)21-8-10-22(11-9-21)19(25)23-12-15(13-24)18(20-3)16-6-4-5-7-17(16)23/h4-7,12-14H,8-11H2,1-3H3. The SMILES string of the molecule is CN=c1c(C=O)cn(C(=O)N2CCN(C(C)C)CC2)c2ccccc12. The first-order valence-corrected chi connectivity index (χ1v) is 8.62. The molecule has 1 aliphatic heterocycles. The molecule has 6 heteroatoms. The van der Waals surface area contributed by atoms with Crippen LogP contribution in [0.5, 0.6) is 0 Å². The Balaban J connectivity index is 2.02. The molecule has 0 radical (unpaired) electrons. The zero-order chi connectivity index (χ0) is 18.0. The molecule has 1 fully saturated rings. The fourth-order valence-electron chi connectivity index (χ4n) is 3.39. The van der Waals surface area contributed by atoms with E-state index in [2.05, 4.69) is 23.7 Å². The Bertz CT molecular complexity index is 861. The van der Waals surface area contributed by atoms with E-state index in [0.717, 1.165) is 30.3 Å². The summed E-state index contributed by atoms with van der Waals surface area (Å²) in [5.41, 5.74) is 1.19. The van der Waals surface area contributed by atoms with Crippen LogP contribution in [-0.2, 0) is 0 Å². The number of rotatable bonds is 2. The normalized spacial score (nSPS) is 16.6. The lowest BCUT2D eigenvalue weighted by Gasteiger charge is -2.37. The number of carbonyl (C=O) groups excluding carboxylic acids is 2. The summed E-state index contributed by atoms with van der Waals surface area (Å²) in [6.45, 7) is 7.45.